The van der Waals surface area contributed by atoms with Crippen LogP contribution in [-0.2, 0) is 21.4 Å². The fraction of sp³-hybridized carbons (Fsp3) is 0.357. The Kier molecular flexibility index (Phi) is 7.54. The number of Topliss-reactive ketones (excluding diaryl/α,β-unsaturated/α-hetero) is 1. The van der Waals surface area contributed by atoms with Crippen LogP contribution >= 0.6 is 0 Å². The summed E-state index contributed by atoms with van der Waals surface area (Å²) in [5, 5.41) is 21.4. The summed E-state index contributed by atoms with van der Waals surface area (Å²) in [6, 6.07) is 13.7. The molecule has 0 radical (unpaired) electrons. The van der Waals surface area contributed by atoms with E-state index in [0.717, 1.165) is 0 Å². The second-order valence-corrected chi connectivity index (χ2v) is 9.67. The van der Waals surface area contributed by atoms with Gasteiger partial charge in [0.1, 0.15) is 23.2 Å². The highest BCUT2D eigenvalue weighted by molar-refractivity contribution is 6.11. The lowest BCUT2D eigenvalue weighted by Crippen LogP contribution is -2.56. The molecule has 4 rings (SSSR count). The van der Waals surface area contributed by atoms with Crippen LogP contribution in [0.25, 0.3) is 0 Å². The number of anilines is 2. The van der Waals surface area contributed by atoms with Crippen LogP contribution in [0.3, 0.4) is 0 Å². The lowest BCUT2D eigenvalue weighted by Gasteiger charge is -2.44. The van der Waals surface area contributed by atoms with Gasteiger partial charge in [0.2, 0.25) is 11.8 Å². The van der Waals surface area contributed by atoms with Crippen LogP contribution in [0.15, 0.2) is 54.7 Å². The highest BCUT2D eigenvalue weighted by Gasteiger charge is 2.56. The number of benzene rings is 2. The van der Waals surface area contributed by atoms with Crippen LogP contribution in [0.1, 0.15) is 30.5 Å². The Hall–Kier alpha value is -4.18. The van der Waals surface area contributed by atoms with Gasteiger partial charge in [-0.05, 0) is 43.7 Å². The highest BCUT2D eigenvalue weighted by Crippen LogP contribution is 2.47. The molecule has 38 heavy (non-hydrogen) atoms. The minimum Gasteiger partial charge on any atom is -0.495 e. The van der Waals surface area contributed by atoms with Gasteiger partial charge in [0.05, 0.1) is 43.3 Å². The molecule has 1 fully saturated rings. The molecule has 200 valence electrons. The zero-order valence-corrected chi connectivity index (χ0v) is 22.0. The number of carbonyl (C=O) groups excluding carboxylic acids is 3. The zero-order chi connectivity index (χ0) is 27.6. The standard InChI is InChI=1S/C28H32N4O6/c1-16-17(15-29-32(16)3)23-24(26(34)30-18-10-6-8-12-21(18)37-4)20(33)14-28(2,36)25(23)27(35)31-19-11-7-9-13-22(19)38-5/h6-13,15,23-25,36H,14H2,1-5H3,(H,30,34)(H,31,35)/t23-,24-,25+,28-/m1/s1. The molecule has 0 saturated heterocycles. The predicted octanol–water partition coefficient (Wildman–Crippen LogP) is 3.06. The quantitative estimate of drug-likeness (QED) is 0.408. The molecular weight excluding hydrogens is 488 g/mol. The summed E-state index contributed by atoms with van der Waals surface area (Å²) >= 11 is 0. The first-order valence-corrected chi connectivity index (χ1v) is 12.2. The molecular formula is C28H32N4O6. The predicted molar refractivity (Wildman–Crippen MR) is 141 cm³/mol. The number of amides is 2. The summed E-state index contributed by atoms with van der Waals surface area (Å²) in [6.45, 7) is 3.24. The molecule has 0 spiro atoms. The van der Waals surface area contributed by atoms with Gasteiger partial charge >= 0.3 is 0 Å². The normalized spacial score (nSPS) is 23.0. The lowest BCUT2D eigenvalue weighted by atomic mass is 9.61. The molecule has 1 aliphatic rings. The van der Waals surface area contributed by atoms with E-state index < -0.39 is 41.0 Å². The van der Waals surface area contributed by atoms with Crippen LogP contribution in [0, 0.1) is 18.8 Å². The summed E-state index contributed by atoms with van der Waals surface area (Å²) < 4.78 is 12.3. The molecule has 1 heterocycles. The van der Waals surface area contributed by atoms with E-state index in [-0.39, 0.29) is 6.42 Å². The molecule has 10 heteroatoms. The summed E-state index contributed by atoms with van der Waals surface area (Å²) in [7, 11) is 4.70. The third-order valence-electron chi connectivity index (χ3n) is 7.19. The molecule has 1 saturated carbocycles. The van der Waals surface area contributed by atoms with Crippen molar-refractivity contribution in [1.82, 2.24) is 9.78 Å². The Labute approximate surface area is 220 Å². The third kappa shape index (κ3) is 4.99. The molecule has 1 aromatic heterocycles. The number of carbonyl (C=O) groups is 3. The fourth-order valence-electron chi connectivity index (χ4n) is 5.23. The van der Waals surface area contributed by atoms with Crippen LogP contribution in [-0.4, -0.2) is 52.3 Å². The molecule has 2 aromatic carbocycles. The number of aliphatic hydroxyl groups is 1. The van der Waals surface area contributed by atoms with Crippen molar-refractivity contribution in [3.63, 3.8) is 0 Å². The maximum atomic E-state index is 13.9. The van der Waals surface area contributed by atoms with Crippen molar-refractivity contribution in [2.75, 3.05) is 24.9 Å². The SMILES string of the molecule is COc1ccccc1NC(=O)[C@@H]1C(=O)C[C@@](C)(O)[C@H](C(=O)Nc2ccccc2OC)[C@@H]1c1cnn(C)c1C. The van der Waals surface area contributed by atoms with Crippen molar-refractivity contribution in [2.45, 2.75) is 31.8 Å². The smallest absolute Gasteiger partial charge is 0.235 e. The Morgan fingerprint density at radius 3 is 2.03 bits per heavy atom. The largest absolute Gasteiger partial charge is 0.495 e. The maximum Gasteiger partial charge on any atom is 0.235 e. The van der Waals surface area contributed by atoms with Crippen LogP contribution in [0.4, 0.5) is 11.4 Å². The molecule has 3 aromatic rings. The van der Waals surface area contributed by atoms with Crippen molar-refractivity contribution < 1.29 is 29.0 Å². The number of nitrogens with zero attached hydrogens (tertiary/aromatic N) is 2. The van der Waals surface area contributed by atoms with Crippen LogP contribution in [0.5, 0.6) is 11.5 Å². The van der Waals surface area contributed by atoms with Gasteiger partial charge in [-0.25, -0.2) is 0 Å². The summed E-state index contributed by atoms with van der Waals surface area (Å²) in [5.74, 6) is -4.18. The highest BCUT2D eigenvalue weighted by atomic mass is 16.5. The Balaban J connectivity index is 1.80. The van der Waals surface area contributed by atoms with E-state index in [2.05, 4.69) is 15.7 Å². The average molecular weight is 521 g/mol. The van der Waals surface area contributed by atoms with E-state index in [4.69, 9.17) is 9.47 Å². The monoisotopic (exact) mass is 520 g/mol. The maximum absolute atomic E-state index is 13.9. The number of hydrogen-bond donors (Lipinski definition) is 3. The van der Waals surface area contributed by atoms with Crippen molar-refractivity contribution >= 4 is 29.0 Å². The van der Waals surface area contributed by atoms with Crippen molar-refractivity contribution in [2.24, 2.45) is 18.9 Å². The number of ketones is 1. The molecule has 2 amide bonds. The summed E-state index contributed by atoms with van der Waals surface area (Å²) in [4.78, 5) is 41.1. The second-order valence-electron chi connectivity index (χ2n) is 9.67. The number of aromatic nitrogens is 2. The topological polar surface area (TPSA) is 132 Å². The average Bonchev–Trinajstić information content (AvgIpc) is 3.21. The molecule has 0 unspecified atom stereocenters. The van der Waals surface area contributed by atoms with Gasteiger partial charge in [0.15, 0.2) is 0 Å². The number of rotatable bonds is 7. The minimum absolute atomic E-state index is 0.378. The van der Waals surface area contributed by atoms with E-state index in [1.807, 2.05) is 0 Å². The zero-order valence-electron chi connectivity index (χ0n) is 22.0. The van der Waals surface area contributed by atoms with Crippen molar-refractivity contribution in [3.8, 4) is 11.5 Å². The fourth-order valence-corrected chi connectivity index (χ4v) is 5.23. The van der Waals surface area contributed by atoms with Gasteiger partial charge in [0, 0.05) is 25.1 Å². The van der Waals surface area contributed by atoms with E-state index in [1.54, 1.807) is 73.4 Å². The first-order chi connectivity index (χ1) is 18.1. The van der Waals surface area contributed by atoms with Gasteiger partial charge in [-0.3, -0.25) is 19.1 Å². The van der Waals surface area contributed by atoms with Gasteiger partial charge in [-0.1, -0.05) is 24.3 Å². The minimum atomic E-state index is -1.74. The molecule has 0 bridgehead atoms. The first-order valence-electron chi connectivity index (χ1n) is 12.2. The van der Waals surface area contributed by atoms with Crippen molar-refractivity contribution in [3.05, 3.63) is 66.0 Å². The lowest BCUT2D eigenvalue weighted by molar-refractivity contribution is -0.150. The Bertz CT molecular complexity index is 1360. The second kappa shape index (κ2) is 10.7. The number of nitrogens with one attached hydrogen (secondary N) is 2. The third-order valence-corrected chi connectivity index (χ3v) is 7.19. The van der Waals surface area contributed by atoms with Gasteiger partial charge in [-0.2, -0.15) is 5.10 Å². The van der Waals surface area contributed by atoms with E-state index in [1.165, 1.54) is 21.1 Å². The molecule has 3 N–H and O–H groups in total. The number of methoxy groups -OCH3 is 2. The number of ether oxygens (including phenoxy) is 2. The molecule has 10 nitrogen and oxygen atoms in total. The Morgan fingerprint density at radius 1 is 1.00 bits per heavy atom. The van der Waals surface area contributed by atoms with Gasteiger partial charge < -0.3 is 25.2 Å². The summed E-state index contributed by atoms with van der Waals surface area (Å²) in [5.41, 5.74) is 0.259. The number of para-hydroxylation sites is 4. The molecule has 0 aliphatic heterocycles. The van der Waals surface area contributed by atoms with E-state index in [0.29, 0.717) is 34.1 Å². The number of hydrogen-bond acceptors (Lipinski definition) is 7. The number of aryl methyl sites for hydroxylation is 1. The van der Waals surface area contributed by atoms with Crippen molar-refractivity contribution in [1.29, 1.82) is 0 Å². The van der Waals surface area contributed by atoms with Crippen LogP contribution in [0.2, 0.25) is 0 Å². The van der Waals surface area contributed by atoms with E-state index in [9.17, 15) is 19.5 Å². The molecule has 1 aliphatic carbocycles. The van der Waals surface area contributed by atoms with Crippen LogP contribution < -0.4 is 20.1 Å². The molecule has 4 atom stereocenters. The summed E-state index contributed by atoms with van der Waals surface area (Å²) in [6.07, 6.45) is 1.16. The van der Waals surface area contributed by atoms with Gasteiger partial charge in [-0.15, -0.1) is 0 Å². The van der Waals surface area contributed by atoms with E-state index >= 15 is 0 Å². The van der Waals surface area contributed by atoms with Gasteiger partial charge in [0.25, 0.3) is 0 Å². The first kappa shape index (κ1) is 26.9. The Morgan fingerprint density at radius 2 is 1.53 bits per heavy atom.